The summed E-state index contributed by atoms with van der Waals surface area (Å²) in [5, 5.41) is 12.2. The van der Waals surface area contributed by atoms with Crippen LogP contribution >= 0.6 is 0 Å². The number of carbonyl (C=O) groups is 1. The molecule has 0 aliphatic carbocycles. The summed E-state index contributed by atoms with van der Waals surface area (Å²) in [5.74, 6) is -0.528. The minimum Gasteiger partial charge on any atom is -0.495 e. The minimum atomic E-state index is -4.81. The van der Waals surface area contributed by atoms with Crippen molar-refractivity contribution in [2.24, 2.45) is 0 Å². The maximum absolute atomic E-state index is 13.7. The molecule has 0 spiro atoms. The molecule has 1 atom stereocenters. The summed E-state index contributed by atoms with van der Waals surface area (Å²) >= 11 is 0. The number of halogens is 3. The second-order valence-electron chi connectivity index (χ2n) is 6.49. The van der Waals surface area contributed by atoms with Crippen LogP contribution in [-0.4, -0.2) is 52.3 Å². The summed E-state index contributed by atoms with van der Waals surface area (Å²) < 4.78 is 56.7. The summed E-state index contributed by atoms with van der Waals surface area (Å²) in [6.45, 7) is 1.73. The summed E-state index contributed by atoms with van der Waals surface area (Å²) in [5.41, 5.74) is -0.769. The number of rotatable bonds is 7. The normalized spacial score (nSPS) is 12.2. The lowest BCUT2D eigenvalue weighted by molar-refractivity contribution is -0.137. The van der Waals surface area contributed by atoms with Crippen LogP contribution in [0.3, 0.4) is 0 Å². The monoisotopic (exact) mass is 467 g/mol. The van der Waals surface area contributed by atoms with Gasteiger partial charge in [-0.3, -0.25) is 4.98 Å². The molecule has 3 rings (SSSR count). The molecule has 2 N–H and O–H groups in total. The number of alkyl halides is 3. The molecule has 176 valence electrons. The number of anilines is 2. The Labute approximate surface area is 185 Å². The maximum Gasteiger partial charge on any atom is 0.420 e. The van der Waals surface area contributed by atoms with Crippen molar-refractivity contribution < 1.29 is 32.2 Å². The fourth-order valence-corrected chi connectivity index (χ4v) is 2.95. The molecule has 0 radical (unpaired) electrons. The third kappa shape index (κ3) is 5.11. The molecule has 0 fully saturated rings. The first kappa shape index (κ1) is 23.7. The highest BCUT2D eigenvalue weighted by Crippen LogP contribution is 2.38. The average molecular weight is 467 g/mol. The molecule has 3 aromatic rings. The van der Waals surface area contributed by atoms with Crippen LogP contribution in [0.1, 0.15) is 24.2 Å². The van der Waals surface area contributed by atoms with Crippen molar-refractivity contribution in [2.45, 2.75) is 19.2 Å². The van der Waals surface area contributed by atoms with Crippen LogP contribution < -0.4 is 20.1 Å². The average Bonchev–Trinajstić information content (AvgIpc) is 3.32. The molecule has 0 bridgehead atoms. The van der Waals surface area contributed by atoms with Crippen LogP contribution in [0.15, 0.2) is 30.9 Å². The van der Waals surface area contributed by atoms with E-state index in [0.29, 0.717) is 22.2 Å². The number of urea groups is 1. The van der Waals surface area contributed by atoms with Crippen molar-refractivity contribution in [2.75, 3.05) is 32.0 Å². The maximum atomic E-state index is 13.7. The summed E-state index contributed by atoms with van der Waals surface area (Å²) in [6, 6.07) is -0.181. The Balaban J connectivity index is 1.96. The quantitative estimate of drug-likeness (QED) is 0.541. The highest BCUT2D eigenvalue weighted by Gasteiger charge is 2.37. The Morgan fingerprint density at radius 2 is 1.73 bits per heavy atom. The Bertz CT molecular complexity index is 1120. The van der Waals surface area contributed by atoms with Gasteiger partial charge in [-0.05, 0) is 13.0 Å². The zero-order valence-corrected chi connectivity index (χ0v) is 18.0. The minimum absolute atomic E-state index is 0.238. The van der Waals surface area contributed by atoms with E-state index < -0.39 is 29.7 Å². The highest BCUT2D eigenvalue weighted by molar-refractivity contribution is 6.01. The zero-order valence-electron chi connectivity index (χ0n) is 18.0. The predicted octanol–water partition coefficient (Wildman–Crippen LogP) is 3.44. The van der Waals surface area contributed by atoms with Crippen LogP contribution in [0.5, 0.6) is 11.6 Å². The number of hydrogen-bond acceptors (Lipinski definition) is 8. The number of nitrogens with zero attached hydrogens (tertiary/aromatic N) is 5. The summed E-state index contributed by atoms with van der Waals surface area (Å²) in [4.78, 5) is 21.2. The Hall–Kier alpha value is -3.94. The molecule has 0 saturated heterocycles. The van der Waals surface area contributed by atoms with Gasteiger partial charge in [-0.25, -0.2) is 4.79 Å². The van der Waals surface area contributed by atoms with Crippen molar-refractivity contribution >= 4 is 17.4 Å². The second-order valence-corrected chi connectivity index (χ2v) is 6.49. The third-order valence-electron chi connectivity index (χ3n) is 4.50. The Kier molecular flexibility index (Phi) is 6.96. The number of hydrogen-bond donors (Lipinski definition) is 2. The number of ether oxygens (including phenoxy) is 3. The highest BCUT2D eigenvalue weighted by atomic mass is 19.4. The molecule has 0 aliphatic rings. The van der Waals surface area contributed by atoms with Gasteiger partial charge in [0.25, 0.3) is 0 Å². The topological polar surface area (TPSA) is 125 Å². The first-order valence-corrected chi connectivity index (χ1v) is 9.35. The molecule has 0 aromatic carbocycles. The zero-order chi connectivity index (χ0) is 24.2. The Morgan fingerprint density at radius 3 is 2.30 bits per heavy atom. The van der Waals surface area contributed by atoms with E-state index in [1.807, 2.05) is 0 Å². The van der Waals surface area contributed by atoms with Gasteiger partial charge in [-0.15, -0.1) is 4.80 Å². The van der Waals surface area contributed by atoms with E-state index in [4.69, 9.17) is 14.2 Å². The van der Waals surface area contributed by atoms with Gasteiger partial charge < -0.3 is 24.8 Å². The molecule has 33 heavy (non-hydrogen) atoms. The molecule has 0 saturated carbocycles. The molecular formula is C19H20F3N7O4. The van der Waals surface area contributed by atoms with E-state index in [9.17, 15) is 18.0 Å². The number of carbonyl (C=O) groups excluding carboxylic acids is 1. The fraction of sp³-hybridized carbons (Fsp3) is 0.316. The van der Waals surface area contributed by atoms with E-state index in [0.717, 1.165) is 0 Å². The molecule has 3 aromatic heterocycles. The Morgan fingerprint density at radius 1 is 1.06 bits per heavy atom. The van der Waals surface area contributed by atoms with Gasteiger partial charge in [0.05, 0.1) is 50.8 Å². The number of pyridine rings is 2. The number of amides is 2. The molecule has 14 heteroatoms. The van der Waals surface area contributed by atoms with Crippen LogP contribution in [0.4, 0.5) is 29.3 Å². The fourth-order valence-electron chi connectivity index (χ4n) is 2.95. The summed E-state index contributed by atoms with van der Waals surface area (Å²) in [6.07, 6.45) is -0.0858. The SMILES string of the molecule is COc1cncc(NC(=O)Nc2cc(C(F)(F)F)c(-n3nccn3)nc2OC)c1[C@H](C)OC. The predicted molar refractivity (Wildman–Crippen MR) is 110 cm³/mol. The van der Waals surface area contributed by atoms with Gasteiger partial charge in [0, 0.05) is 12.7 Å². The van der Waals surface area contributed by atoms with Gasteiger partial charge in [0.1, 0.15) is 17.0 Å². The van der Waals surface area contributed by atoms with E-state index in [-0.39, 0.29) is 17.3 Å². The number of aromatic nitrogens is 5. The van der Waals surface area contributed by atoms with Crippen molar-refractivity contribution in [3.8, 4) is 17.4 Å². The van der Waals surface area contributed by atoms with Gasteiger partial charge in [0.15, 0.2) is 5.82 Å². The second kappa shape index (κ2) is 9.68. The molecule has 11 nitrogen and oxygen atoms in total. The van der Waals surface area contributed by atoms with Crippen LogP contribution in [-0.2, 0) is 10.9 Å². The van der Waals surface area contributed by atoms with Crippen molar-refractivity contribution in [1.82, 2.24) is 25.0 Å². The van der Waals surface area contributed by atoms with E-state index >= 15 is 0 Å². The van der Waals surface area contributed by atoms with Gasteiger partial charge in [0.2, 0.25) is 5.88 Å². The lowest BCUT2D eigenvalue weighted by Crippen LogP contribution is -2.23. The molecule has 3 heterocycles. The van der Waals surface area contributed by atoms with Gasteiger partial charge >= 0.3 is 12.2 Å². The number of methoxy groups -OCH3 is 3. The van der Waals surface area contributed by atoms with Crippen LogP contribution in [0.25, 0.3) is 5.82 Å². The number of nitrogens with one attached hydrogen (secondary N) is 2. The lowest BCUT2D eigenvalue weighted by Gasteiger charge is -2.19. The lowest BCUT2D eigenvalue weighted by atomic mass is 10.1. The molecule has 0 aliphatic heterocycles. The summed E-state index contributed by atoms with van der Waals surface area (Å²) in [7, 11) is 4.10. The molecule has 2 amide bonds. The van der Waals surface area contributed by atoms with Crippen LogP contribution in [0, 0.1) is 0 Å². The largest absolute Gasteiger partial charge is 0.495 e. The molecular weight excluding hydrogens is 447 g/mol. The van der Waals surface area contributed by atoms with Crippen molar-refractivity contribution in [3.63, 3.8) is 0 Å². The van der Waals surface area contributed by atoms with Crippen molar-refractivity contribution in [3.05, 3.63) is 42.0 Å². The molecule has 0 unspecified atom stereocenters. The first-order chi connectivity index (χ1) is 15.7. The van der Waals surface area contributed by atoms with E-state index in [2.05, 4.69) is 30.8 Å². The van der Waals surface area contributed by atoms with Crippen LogP contribution in [0.2, 0.25) is 0 Å². The van der Waals surface area contributed by atoms with Gasteiger partial charge in [-0.1, -0.05) is 0 Å². The first-order valence-electron chi connectivity index (χ1n) is 9.35. The van der Waals surface area contributed by atoms with E-state index in [1.54, 1.807) is 6.92 Å². The van der Waals surface area contributed by atoms with E-state index in [1.165, 1.54) is 46.1 Å². The van der Waals surface area contributed by atoms with Crippen molar-refractivity contribution in [1.29, 1.82) is 0 Å². The standard InChI is InChI=1S/C19H20F3N7O4/c1-10(31-2)15-13(8-23-9-14(15)32-3)27-18(30)26-12-7-11(19(20,21)22)16(28-17(12)33-4)29-24-5-6-25-29/h5-10H,1-4H3,(H2,26,27,30)/t10-/m0/s1. The third-order valence-corrected chi connectivity index (χ3v) is 4.50. The van der Waals surface area contributed by atoms with Gasteiger partial charge in [-0.2, -0.15) is 28.4 Å². The smallest absolute Gasteiger partial charge is 0.420 e.